The molecule has 1 saturated carbocycles. The van der Waals surface area contributed by atoms with E-state index in [1.165, 1.54) is 11.8 Å². The molecule has 2 aliphatic rings. The van der Waals surface area contributed by atoms with Crippen molar-refractivity contribution in [2.24, 2.45) is 0 Å². The molecule has 0 bridgehead atoms. The zero-order valence-electron chi connectivity index (χ0n) is 16.8. The average molecular weight is 463 g/mol. The van der Waals surface area contributed by atoms with Crippen molar-refractivity contribution < 1.29 is 14.4 Å². The lowest BCUT2D eigenvalue weighted by Crippen LogP contribution is -2.53. The molecule has 4 rings (SSSR count). The monoisotopic (exact) mass is 462 g/mol. The Bertz CT molecular complexity index is 958. The van der Waals surface area contributed by atoms with Gasteiger partial charge in [-0.3, -0.25) is 19.5 Å². The molecule has 4 amide bonds. The first-order chi connectivity index (χ1) is 15.0. The summed E-state index contributed by atoms with van der Waals surface area (Å²) in [6, 6.07) is 6.56. The number of nitrogens with one attached hydrogen (secondary N) is 3. The molecule has 1 aliphatic carbocycles. The number of urea groups is 1. The third-order valence-corrected chi connectivity index (χ3v) is 6.47. The van der Waals surface area contributed by atoms with Crippen molar-refractivity contribution in [3.63, 3.8) is 0 Å². The van der Waals surface area contributed by atoms with E-state index in [0.29, 0.717) is 22.4 Å². The molecule has 11 heteroatoms. The topological polar surface area (TPSA) is 118 Å². The van der Waals surface area contributed by atoms with Crippen LogP contribution in [-0.4, -0.2) is 50.4 Å². The standard InChI is InChI=1S/C20H23ClN6O3S/c21-12-5-7-15(8-6-12)27-16(9-14-10-17(28)24-19(30)23-14)25-26-20(27)31-11-18(29)22-13-3-1-2-4-13/h5-8,13-14H,1-4,9-11H2,(H,22,29)(H2,23,24,28,30). The minimum absolute atomic E-state index is 0.0275. The second kappa shape index (κ2) is 9.69. The largest absolute Gasteiger partial charge is 0.353 e. The molecule has 31 heavy (non-hydrogen) atoms. The van der Waals surface area contributed by atoms with Crippen LogP contribution >= 0.6 is 23.4 Å². The highest BCUT2D eigenvalue weighted by molar-refractivity contribution is 7.99. The first kappa shape index (κ1) is 21.6. The van der Waals surface area contributed by atoms with Crippen LogP contribution in [0.4, 0.5) is 4.79 Å². The number of hydrogen-bond acceptors (Lipinski definition) is 6. The van der Waals surface area contributed by atoms with E-state index < -0.39 is 6.03 Å². The van der Waals surface area contributed by atoms with Crippen LogP contribution in [-0.2, 0) is 16.0 Å². The molecular formula is C20H23ClN6O3S. The number of aromatic nitrogens is 3. The van der Waals surface area contributed by atoms with Gasteiger partial charge in [-0.2, -0.15) is 0 Å². The Hall–Kier alpha value is -2.59. The average Bonchev–Trinajstić information content (AvgIpc) is 3.36. The summed E-state index contributed by atoms with van der Waals surface area (Å²) in [6.45, 7) is 0. The fourth-order valence-electron chi connectivity index (χ4n) is 3.86. The number of rotatable bonds is 7. The van der Waals surface area contributed by atoms with Gasteiger partial charge in [0.05, 0.1) is 5.75 Å². The van der Waals surface area contributed by atoms with Gasteiger partial charge in [-0.1, -0.05) is 36.2 Å². The molecule has 0 spiro atoms. The minimum atomic E-state index is -0.517. The van der Waals surface area contributed by atoms with Crippen molar-refractivity contribution >= 4 is 41.2 Å². The number of carbonyl (C=O) groups is 3. The van der Waals surface area contributed by atoms with Crippen LogP contribution < -0.4 is 16.0 Å². The summed E-state index contributed by atoms with van der Waals surface area (Å²) in [4.78, 5) is 35.7. The van der Waals surface area contributed by atoms with E-state index in [1.54, 1.807) is 12.1 Å². The highest BCUT2D eigenvalue weighted by atomic mass is 35.5. The second-order valence-corrected chi connectivity index (χ2v) is 9.05. The zero-order chi connectivity index (χ0) is 21.8. The SMILES string of the molecule is O=C1CC(Cc2nnc(SCC(=O)NC3CCCC3)n2-c2ccc(Cl)cc2)NC(=O)N1. The molecule has 1 aliphatic heterocycles. The summed E-state index contributed by atoms with van der Waals surface area (Å²) in [5.41, 5.74) is 0.787. The Morgan fingerprint density at radius 1 is 1.19 bits per heavy atom. The van der Waals surface area contributed by atoms with Crippen LogP contribution in [0.5, 0.6) is 0 Å². The van der Waals surface area contributed by atoms with Crippen LogP contribution in [0.1, 0.15) is 37.9 Å². The predicted octanol–water partition coefficient (Wildman–Crippen LogP) is 2.21. The first-order valence-corrected chi connectivity index (χ1v) is 11.6. The van der Waals surface area contributed by atoms with Gasteiger partial charge in [0.2, 0.25) is 11.8 Å². The number of halogens is 1. The van der Waals surface area contributed by atoms with Crippen molar-refractivity contribution in [1.82, 2.24) is 30.7 Å². The molecule has 3 N–H and O–H groups in total. The lowest BCUT2D eigenvalue weighted by atomic mass is 10.1. The van der Waals surface area contributed by atoms with Gasteiger partial charge in [0.1, 0.15) is 5.82 Å². The number of thioether (sulfide) groups is 1. The molecule has 2 fully saturated rings. The lowest BCUT2D eigenvalue weighted by Gasteiger charge is -2.23. The predicted molar refractivity (Wildman–Crippen MR) is 116 cm³/mol. The summed E-state index contributed by atoms with van der Waals surface area (Å²) < 4.78 is 1.84. The zero-order valence-corrected chi connectivity index (χ0v) is 18.3. The van der Waals surface area contributed by atoms with Gasteiger partial charge in [0.15, 0.2) is 5.16 Å². The Balaban J connectivity index is 1.52. The molecule has 1 atom stereocenters. The van der Waals surface area contributed by atoms with Gasteiger partial charge in [-0.15, -0.1) is 10.2 Å². The summed E-state index contributed by atoms with van der Waals surface area (Å²) in [5.74, 6) is 0.455. The molecular weight excluding hydrogens is 440 g/mol. The van der Waals surface area contributed by atoms with Crippen molar-refractivity contribution in [2.75, 3.05) is 5.75 Å². The van der Waals surface area contributed by atoms with Crippen molar-refractivity contribution in [1.29, 1.82) is 0 Å². The van der Waals surface area contributed by atoms with E-state index in [9.17, 15) is 14.4 Å². The van der Waals surface area contributed by atoms with Gasteiger partial charge in [0.25, 0.3) is 0 Å². The molecule has 9 nitrogen and oxygen atoms in total. The summed E-state index contributed by atoms with van der Waals surface area (Å²) in [7, 11) is 0. The Morgan fingerprint density at radius 3 is 2.65 bits per heavy atom. The van der Waals surface area contributed by atoms with Crippen LogP contribution in [0.2, 0.25) is 5.02 Å². The molecule has 1 saturated heterocycles. The molecule has 2 aromatic rings. The van der Waals surface area contributed by atoms with Crippen LogP contribution in [0.25, 0.3) is 5.69 Å². The van der Waals surface area contributed by atoms with Gasteiger partial charge >= 0.3 is 6.03 Å². The Labute approximate surface area is 188 Å². The molecule has 2 heterocycles. The first-order valence-electron chi connectivity index (χ1n) is 10.2. The number of benzene rings is 1. The highest BCUT2D eigenvalue weighted by Gasteiger charge is 2.27. The van der Waals surface area contributed by atoms with E-state index in [1.807, 2.05) is 16.7 Å². The molecule has 1 aromatic heterocycles. The van der Waals surface area contributed by atoms with Crippen LogP contribution in [0.15, 0.2) is 29.4 Å². The molecule has 0 radical (unpaired) electrons. The quantitative estimate of drug-likeness (QED) is 0.543. The third-order valence-electron chi connectivity index (χ3n) is 5.29. The van der Waals surface area contributed by atoms with Gasteiger partial charge in [-0.25, -0.2) is 4.79 Å². The Morgan fingerprint density at radius 2 is 1.94 bits per heavy atom. The lowest BCUT2D eigenvalue weighted by molar-refractivity contribution is -0.121. The molecule has 164 valence electrons. The normalized spacial score (nSPS) is 19.2. The molecule has 1 unspecified atom stereocenters. The maximum Gasteiger partial charge on any atom is 0.321 e. The van der Waals surface area contributed by atoms with Gasteiger partial charge in [-0.05, 0) is 37.1 Å². The summed E-state index contributed by atoms with van der Waals surface area (Å²) >= 11 is 7.33. The third kappa shape index (κ3) is 5.56. The maximum absolute atomic E-state index is 12.4. The van der Waals surface area contributed by atoms with Crippen molar-refractivity contribution in [2.45, 2.75) is 55.8 Å². The fourth-order valence-corrected chi connectivity index (χ4v) is 4.77. The van der Waals surface area contributed by atoms with Gasteiger partial charge in [0, 0.05) is 35.6 Å². The Kier molecular flexibility index (Phi) is 6.77. The number of carbonyl (C=O) groups excluding carboxylic acids is 3. The van der Waals surface area contributed by atoms with E-state index >= 15 is 0 Å². The van der Waals surface area contributed by atoms with E-state index in [-0.39, 0.29) is 36.1 Å². The summed E-state index contributed by atoms with van der Waals surface area (Å²) in [5, 5.41) is 17.7. The maximum atomic E-state index is 12.4. The smallest absolute Gasteiger partial charge is 0.321 e. The fraction of sp³-hybridized carbons (Fsp3) is 0.450. The van der Waals surface area contributed by atoms with E-state index in [2.05, 4.69) is 26.1 Å². The van der Waals surface area contributed by atoms with Crippen molar-refractivity contribution in [3.05, 3.63) is 35.1 Å². The minimum Gasteiger partial charge on any atom is -0.353 e. The number of nitrogens with zero attached hydrogens (tertiary/aromatic N) is 3. The summed E-state index contributed by atoms with van der Waals surface area (Å²) in [6.07, 6.45) is 4.85. The van der Waals surface area contributed by atoms with Crippen LogP contribution in [0, 0.1) is 0 Å². The van der Waals surface area contributed by atoms with Crippen LogP contribution in [0.3, 0.4) is 0 Å². The molecule has 1 aromatic carbocycles. The van der Waals surface area contributed by atoms with Gasteiger partial charge < -0.3 is 10.6 Å². The van der Waals surface area contributed by atoms with Crippen molar-refractivity contribution in [3.8, 4) is 5.69 Å². The number of imide groups is 1. The van der Waals surface area contributed by atoms with E-state index in [4.69, 9.17) is 11.6 Å². The highest BCUT2D eigenvalue weighted by Crippen LogP contribution is 2.25. The number of amides is 4. The van der Waals surface area contributed by atoms with E-state index in [0.717, 1.165) is 31.4 Å². The number of hydrogen-bond donors (Lipinski definition) is 3. The second-order valence-electron chi connectivity index (χ2n) is 7.68.